The summed E-state index contributed by atoms with van der Waals surface area (Å²) in [6.07, 6.45) is 0.696. The predicted molar refractivity (Wildman–Crippen MR) is 101 cm³/mol. The minimum atomic E-state index is -0.124. The van der Waals surface area contributed by atoms with E-state index in [0.29, 0.717) is 32.0 Å². The fourth-order valence-electron chi connectivity index (χ4n) is 3.41. The second-order valence-corrected chi connectivity index (χ2v) is 7.60. The van der Waals surface area contributed by atoms with Crippen LogP contribution < -0.4 is 15.0 Å². The van der Waals surface area contributed by atoms with Crippen molar-refractivity contribution in [3.05, 3.63) is 24.3 Å². The lowest BCUT2D eigenvalue weighted by molar-refractivity contribution is -0.135. The average molecular weight is 359 g/mol. The van der Waals surface area contributed by atoms with E-state index in [9.17, 15) is 9.59 Å². The van der Waals surface area contributed by atoms with Gasteiger partial charge in [0.15, 0.2) is 0 Å². The van der Waals surface area contributed by atoms with Gasteiger partial charge in [-0.15, -0.1) is 0 Å². The average Bonchev–Trinajstić information content (AvgIpc) is 3.46. The summed E-state index contributed by atoms with van der Waals surface area (Å²) in [6.45, 7) is 7.86. The maximum absolute atomic E-state index is 12.7. The number of carbonyl (C=O) groups is 2. The van der Waals surface area contributed by atoms with Crippen molar-refractivity contribution in [1.29, 1.82) is 0 Å². The van der Waals surface area contributed by atoms with Gasteiger partial charge in [0.2, 0.25) is 11.8 Å². The maximum Gasteiger partial charge on any atom is 0.226 e. The third-order valence-corrected chi connectivity index (χ3v) is 5.16. The van der Waals surface area contributed by atoms with Gasteiger partial charge in [0.05, 0.1) is 18.9 Å². The Labute approximate surface area is 155 Å². The van der Waals surface area contributed by atoms with Crippen LogP contribution in [0.1, 0.15) is 20.3 Å². The highest BCUT2D eigenvalue weighted by atomic mass is 16.5. The number of carbonyl (C=O) groups excluding carboxylic acids is 2. The first-order chi connectivity index (χ1) is 12.5. The quantitative estimate of drug-likeness (QED) is 0.841. The summed E-state index contributed by atoms with van der Waals surface area (Å²) in [5.41, 5.74) is 1.15. The van der Waals surface area contributed by atoms with E-state index < -0.39 is 0 Å². The molecule has 2 aliphatic rings. The highest BCUT2D eigenvalue weighted by molar-refractivity contribution is 5.92. The topological polar surface area (TPSA) is 61.9 Å². The minimum absolute atomic E-state index is 0.0360. The summed E-state index contributed by atoms with van der Waals surface area (Å²) in [6, 6.07) is 8.01. The Kier molecular flexibility index (Phi) is 5.69. The molecule has 26 heavy (non-hydrogen) atoms. The lowest BCUT2D eigenvalue weighted by atomic mass is 10.2. The van der Waals surface area contributed by atoms with Crippen molar-refractivity contribution >= 4 is 17.5 Å². The Morgan fingerprint density at radius 3 is 2.35 bits per heavy atom. The highest BCUT2D eigenvalue weighted by Gasteiger charge is 2.49. The van der Waals surface area contributed by atoms with Crippen molar-refractivity contribution < 1.29 is 14.3 Å². The molecule has 2 unspecified atom stereocenters. The number of anilines is 1. The van der Waals surface area contributed by atoms with E-state index in [4.69, 9.17) is 4.74 Å². The van der Waals surface area contributed by atoms with Gasteiger partial charge in [-0.3, -0.25) is 9.59 Å². The van der Waals surface area contributed by atoms with E-state index in [1.54, 1.807) is 7.11 Å². The normalized spacial score (nSPS) is 22.3. The zero-order valence-corrected chi connectivity index (χ0v) is 15.9. The van der Waals surface area contributed by atoms with Gasteiger partial charge in [0.25, 0.3) is 0 Å². The van der Waals surface area contributed by atoms with E-state index >= 15 is 0 Å². The second kappa shape index (κ2) is 7.98. The molecule has 1 heterocycles. The van der Waals surface area contributed by atoms with Gasteiger partial charge in [0.1, 0.15) is 5.75 Å². The number of rotatable bonds is 6. The predicted octanol–water partition coefficient (Wildman–Crippen LogP) is 1.75. The summed E-state index contributed by atoms with van der Waals surface area (Å²) in [4.78, 5) is 28.9. The first kappa shape index (κ1) is 18.5. The van der Waals surface area contributed by atoms with Crippen LogP contribution in [0.3, 0.4) is 0 Å². The van der Waals surface area contributed by atoms with Crippen molar-refractivity contribution in [2.24, 2.45) is 17.8 Å². The van der Waals surface area contributed by atoms with Crippen LogP contribution in [0, 0.1) is 17.8 Å². The molecule has 0 bridgehead atoms. The summed E-state index contributed by atoms with van der Waals surface area (Å²) < 4.78 is 5.19. The molecule has 0 spiro atoms. The smallest absolute Gasteiger partial charge is 0.226 e. The number of nitrogens with one attached hydrogen (secondary N) is 1. The molecule has 1 aliphatic heterocycles. The Bertz CT molecular complexity index is 636. The number of amides is 2. The Hall–Kier alpha value is -2.24. The molecule has 0 radical (unpaired) electrons. The first-order valence-electron chi connectivity index (χ1n) is 9.45. The van der Waals surface area contributed by atoms with Gasteiger partial charge < -0.3 is 19.9 Å². The first-order valence-corrected chi connectivity index (χ1v) is 9.45. The van der Waals surface area contributed by atoms with Gasteiger partial charge in [-0.1, -0.05) is 13.8 Å². The number of methoxy groups -OCH3 is 1. The standard InChI is InChI=1S/C20H29N3O3/c1-14(2)13-21-19(24)17-12-18(17)20(25)23-10-8-22(9-11-23)15-4-6-16(26-3)7-5-15/h4-7,14,17-18H,8-13H2,1-3H3,(H,21,24). The molecule has 1 saturated heterocycles. The number of nitrogens with zero attached hydrogens (tertiary/aromatic N) is 2. The summed E-state index contributed by atoms with van der Waals surface area (Å²) >= 11 is 0. The molecule has 6 heteroatoms. The molecule has 2 amide bonds. The van der Waals surface area contributed by atoms with Crippen LogP contribution in [0.5, 0.6) is 5.75 Å². The maximum atomic E-state index is 12.7. The van der Waals surface area contributed by atoms with Crippen molar-refractivity contribution in [3.8, 4) is 5.75 Å². The van der Waals surface area contributed by atoms with Gasteiger partial charge >= 0.3 is 0 Å². The molecule has 2 atom stereocenters. The summed E-state index contributed by atoms with van der Waals surface area (Å²) in [5, 5.41) is 2.94. The summed E-state index contributed by atoms with van der Waals surface area (Å²) in [7, 11) is 1.66. The number of piperazine rings is 1. The van der Waals surface area contributed by atoms with E-state index in [1.807, 2.05) is 29.2 Å². The molecule has 1 aromatic rings. The molecule has 1 aromatic carbocycles. The van der Waals surface area contributed by atoms with Crippen molar-refractivity contribution in [3.63, 3.8) is 0 Å². The summed E-state index contributed by atoms with van der Waals surface area (Å²) in [5.74, 6) is 1.21. The van der Waals surface area contributed by atoms with Crippen molar-refractivity contribution in [2.75, 3.05) is 44.7 Å². The number of hydrogen-bond donors (Lipinski definition) is 1. The Morgan fingerprint density at radius 2 is 1.77 bits per heavy atom. The molecule has 1 aliphatic carbocycles. The highest BCUT2D eigenvalue weighted by Crippen LogP contribution is 2.40. The van der Waals surface area contributed by atoms with Crippen LogP contribution in [-0.2, 0) is 9.59 Å². The zero-order chi connectivity index (χ0) is 18.7. The number of hydrogen-bond acceptors (Lipinski definition) is 4. The molecule has 2 fully saturated rings. The van der Waals surface area contributed by atoms with Gasteiger partial charge in [-0.2, -0.15) is 0 Å². The molecule has 1 saturated carbocycles. The number of benzene rings is 1. The van der Waals surface area contributed by atoms with Crippen LogP contribution >= 0.6 is 0 Å². The van der Waals surface area contributed by atoms with E-state index in [-0.39, 0.29) is 23.7 Å². The third-order valence-electron chi connectivity index (χ3n) is 5.16. The van der Waals surface area contributed by atoms with Crippen LogP contribution in [0.4, 0.5) is 5.69 Å². The Morgan fingerprint density at radius 1 is 1.12 bits per heavy atom. The van der Waals surface area contributed by atoms with Crippen LogP contribution in [-0.4, -0.2) is 56.5 Å². The SMILES string of the molecule is COc1ccc(N2CCN(C(=O)C3CC3C(=O)NCC(C)C)CC2)cc1. The molecule has 0 aromatic heterocycles. The van der Waals surface area contributed by atoms with Crippen molar-refractivity contribution in [1.82, 2.24) is 10.2 Å². The minimum Gasteiger partial charge on any atom is -0.497 e. The zero-order valence-electron chi connectivity index (χ0n) is 15.9. The molecular weight excluding hydrogens is 330 g/mol. The van der Waals surface area contributed by atoms with Gasteiger partial charge in [0, 0.05) is 38.4 Å². The fourth-order valence-corrected chi connectivity index (χ4v) is 3.41. The molecular formula is C20H29N3O3. The van der Waals surface area contributed by atoms with Crippen molar-refractivity contribution in [2.45, 2.75) is 20.3 Å². The van der Waals surface area contributed by atoms with Crippen LogP contribution in [0.25, 0.3) is 0 Å². The second-order valence-electron chi connectivity index (χ2n) is 7.60. The van der Waals surface area contributed by atoms with E-state index in [0.717, 1.165) is 24.5 Å². The Balaban J connectivity index is 1.46. The monoisotopic (exact) mass is 359 g/mol. The van der Waals surface area contributed by atoms with E-state index in [1.165, 1.54) is 0 Å². The molecule has 6 nitrogen and oxygen atoms in total. The van der Waals surface area contributed by atoms with Crippen LogP contribution in [0.15, 0.2) is 24.3 Å². The fraction of sp³-hybridized carbons (Fsp3) is 0.600. The van der Waals surface area contributed by atoms with Gasteiger partial charge in [-0.05, 0) is 36.6 Å². The van der Waals surface area contributed by atoms with E-state index in [2.05, 4.69) is 24.1 Å². The molecule has 1 N–H and O–H groups in total. The number of ether oxygens (including phenoxy) is 1. The third kappa shape index (κ3) is 4.29. The largest absolute Gasteiger partial charge is 0.497 e. The molecule has 142 valence electrons. The van der Waals surface area contributed by atoms with Crippen LogP contribution in [0.2, 0.25) is 0 Å². The van der Waals surface area contributed by atoms with Gasteiger partial charge in [-0.25, -0.2) is 0 Å². The lowest BCUT2D eigenvalue weighted by Crippen LogP contribution is -2.49. The molecule has 3 rings (SSSR count). The lowest BCUT2D eigenvalue weighted by Gasteiger charge is -2.36.